The van der Waals surface area contributed by atoms with Crippen LogP contribution in [0, 0.1) is 0 Å². The molecule has 0 spiro atoms. The summed E-state index contributed by atoms with van der Waals surface area (Å²) < 4.78 is 11.3. The van der Waals surface area contributed by atoms with Gasteiger partial charge in [0.1, 0.15) is 24.4 Å². The zero-order chi connectivity index (χ0) is 52.9. The Labute approximate surface area is 451 Å². The van der Waals surface area contributed by atoms with E-state index in [0.29, 0.717) is 12.8 Å². The van der Waals surface area contributed by atoms with Gasteiger partial charge in [0, 0.05) is 6.42 Å². The van der Waals surface area contributed by atoms with Crippen LogP contribution in [0.2, 0.25) is 0 Å². The first-order valence-electron chi connectivity index (χ1n) is 32.0. The number of allylic oxidation sites excluding steroid dienone is 4. The van der Waals surface area contributed by atoms with E-state index in [1.54, 1.807) is 0 Å². The van der Waals surface area contributed by atoms with Crippen LogP contribution >= 0.6 is 0 Å². The standard InChI is InChI=1S/C64H123NO8/c1-3-5-7-9-11-13-15-17-19-21-23-24-25-26-27-28-29-30-31-32-33-34-36-37-39-41-43-45-47-49-51-53-58(67)57(56-72-64-63(71)62(70)61(69)59(55-66)73-64)65-60(68)54-52-50-48-46-44-42-40-38-35-22-20-18-16-14-12-10-8-6-4-2/h12,14,18,20,57-59,61-64,66-67,69-71H,3-11,13,15-17,19,21-56H2,1-2H3,(H,65,68)/b14-12-,20-18-. The molecular formula is C64H123NO8. The summed E-state index contributed by atoms with van der Waals surface area (Å²) in [6.07, 6.45) is 62.3. The lowest BCUT2D eigenvalue weighted by molar-refractivity contribution is -0.302. The van der Waals surface area contributed by atoms with Gasteiger partial charge in [-0.15, -0.1) is 0 Å². The number of unbranched alkanes of at least 4 members (excludes halogenated alkanes) is 42. The second kappa shape index (κ2) is 54.0. The fourth-order valence-electron chi connectivity index (χ4n) is 10.5. The second-order valence-corrected chi connectivity index (χ2v) is 22.6. The van der Waals surface area contributed by atoms with E-state index in [1.807, 2.05) is 0 Å². The van der Waals surface area contributed by atoms with Crippen LogP contribution in [0.15, 0.2) is 24.3 Å². The molecule has 0 radical (unpaired) electrons. The van der Waals surface area contributed by atoms with Gasteiger partial charge in [-0.05, 0) is 44.9 Å². The van der Waals surface area contributed by atoms with Gasteiger partial charge in [-0.1, -0.05) is 295 Å². The normalized spacial score (nSPS) is 19.1. The molecule has 1 fully saturated rings. The smallest absolute Gasteiger partial charge is 0.220 e. The maximum atomic E-state index is 13.1. The molecule has 0 aromatic rings. The van der Waals surface area contributed by atoms with Gasteiger partial charge in [0.15, 0.2) is 6.29 Å². The lowest BCUT2D eigenvalue weighted by Gasteiger charge is -2.40. The Balaban J connectivity index is 2.12. The molecule has 9 heteroatoms. The maximum Gasteiger partial charge on any atom is 0.220 e. The fourth-order valence-corrected chi connectivity index (χ4v) is 10.5. The SMILES string of the molecule is CCCCC/C=C\C/C=C\CCCCCCCCCCCC(=O)NC(COC1OC(CO)C(O)C(O)C1O)C(O)CCCCCCCCCCCCCCCCCCCCCCCCCCCCCCCCC. The van der Waals surface area contributed by atoms with Crippen LogP contribution in [-0.4, -0.2) is 87.5 Å². The molecule has 0 bridgehead atoms. The molecule has 1 aliphatic heterocycles. The highest BCUT2D eigenvalue weighted by Gasteiger charge is 2.44. The van der Waals surface area contributed by atoms with Gasteiger partial charge >= 0.3 is 0 Å². The quantitative estimate of drug-likeness (QED) is 0.0261. The minimum atomic E-state index is -1.55. The van der Waals surface area contributed by atoms with Crippen molar-refractivity contribution in [3.05, 3.63) is 24.3 Å². The Morgan fingerprint density at radius 2 is 0.808 bits per heavy atom. The van der Waals surface area contributed by atoms with Crippen LogP contribution < -0.4 is 5.32 Å². The summed E-state index contributed by atoms with van der Waals surface area (Å²) >= 11 is 0. The van der Waals surface area contributed by atoms with E-state index in [1.165, 1.54) is 250 Å². The van der Waals surface area contributed by atoms with E-state index >= 15 is 0 Å². The van der Waals surface area contributed by atoms with Crippen LogP contribution in [0.1, 0.15) is 322 Å². The molecule has 1 saturated heterocycles. The molecule has 1 heterocycles. The van der Waals surface area contributed by atoms with Gasteiger partial charge in [-0.2, -0.15) is 0 Å². The van der Waals surface area contributed by atoms with Gasteiger partial charge in [-0.25, -0.2) is 0 Å². The Hall–Kier alpha value is -1.33. The van der Waals surface area contributed by atoms with Crippen LogP contribution in [0.3, 0.4) is 0 Å². The predicted molar refractivity (Wildman–Crippen MR) is 309 cm³/mol. The van der Waals surface area contributed by atoms with Crippen molar-refractivity contribution in [1.82, 2.24) is 5.32 Å². The van der Waals surface area contributed by atoms with E-state index in [2.05, 4.69) is 43.5 Å². The first-order valence-corrected chi connectivity index (χ1v) is 32.0. The third-order valence-corrected chi connectivity index (χ3v) is 15.6. The van der Waals surface area contributed by atoms with E-state index in [-0.39, 0.29) is 12.5 Å². The Morgan fingerprint density at radius 3 is 1.21 bits per heavy atom. The molecule has 0 aromatic carbocycles. The summed E-state index contributed by atoms with van der Waals surface area (Å²) in [5.41, 5.74) is 0. The largest absolute Gasteiger partial charge is 0.394 e. The van der Waals surface area contributed by atoms with E-state index < -0.39 is 49.5 Å². The first kappa shape index (κ1) is 69.7. The summed E-state index contributed by atoms with van der Waals surface area (Å²) in [4.78, 5) is 13.1. The number of rotatable bonds is 56. The number of nitrogens with one attached hydrogen (secondary N) is 1. The number of carbonyl (C=O) groups is 1. The van der Waals surface area contributed by atoms with Crippen molar-refractivity contribution in [2.45, 2.75) is 365 Å². The van der Waals surface area contributed by atoms with Gasteiger partial charge < -0.3 is 40.3 Å². The number of aliphatic hydroxyl groups is 5. The van der Waals surface area contributed by atoms with Crippen molar-refractivity contribution in [3.8, 4) is 0 Å². The molecule has 0 aliphatic carbocycles. The molecular weight excluding hydrogens is 911 g/mol. The van der Waals surface area contributed by atoms with E-state index in [9.17, 15) is 30.3 Å². The zero-order valence-corrected chi connectivity index (χ0v) is 48.2. The average Bonchev–Trinajstić information content (AvgIpc) is 3.39. The number of aliphatic hydroxyl groups excluding tert-OH is 5. The van der Waals surface area contributed by atoms with Crippen LogP contribution in [-0.2, 0) is 14.3 Å². The highest BCUT2D eigenvalue weighted by molar-refractivity contribution is 5.76. The summed E-state index contributed by atoms with van der Waals surface area (Å²) in [6, 6.07) is -0.721. The summed E-state index contributed by atoms with van der Waals surface area (Å²) in [5.74, 6) is -0.144. The number of carbonyl (C=O) groups excluding carboxylic acids is 1. The summed E-state index contributed by atoms with van der Waals surface area (Å²) in [5, 5.41) is 54.8. The van der Waals surface area contributed by atoms with Crippen molar-refractivity contribution < 1.29 is 39.8 Å². The molecule has 7 unspecified atom stereocenters. The Bertz CT molecular complexity index is 1200. The first-order chi connectivity index (χ1) is 35.8. The molecule has 432 valence electrons. The zero-order valence-electron chi connectivity index (χ0n) is 48.2. The topological polar surface area (TPSA) is 149 Å². The number of hydrogen-bond acceptors (Lipinski definition) is 8. The lowest BCUT2D eigenvalue weighted by atomic mass is 9.99. The summed E-state index contributed by atoms with van der Waals surface area (Å²) in [7, 11) is 0. The number of ether oxygens (including phenoxy) is 2. The third-order valence-electron chi connectivity index (χ3n) is 15.6. The van der Waals surface area contributed by atoms with E-state index in [0.717, 1.165) is 44.9 Å². The molecule has 1 rings (SSSR count). The Morgan fingerprint density at radius 1 is 0.466 bits per heavy atom. The molecule has 73 heavy (non-hydrogen) atoms. The highest BCUT2D eigenvalue weighted by Crippen LogP contribution is 2.24. The van der Waals surface area contributed by atoms with Crippen molar-refractivity contribution in [2.24, 2.45) is 0 Å². The van der Waals surface area contributed by atoms with Crippen molar-refractivity contribution in [1.29, 1.82) is 0 Å². The fraction of sp³-hybridized carbons (Fsp3) is 0.922. The predicted octanol–water partition coefficient (Wildman–Crippen LogP) is 16.5. The molecule has 6 N–H and O–H groups in total. The van der Waals surface area contributed by atoms with Gasteiger partial charge in [0.05, 0.1) is 25.4 Å². The van der Waals surface area contributed by atoms with Gasteiger partial charge in [-0.3, -0.25) is 4.79 Å². The van der Waals surface area contributed by atoms with Gasteiger partial charge in [0.25, 0.3) is 0 Å². The number of hydrogen-bond donors (Lipinski definition) is 6. The minimum absolute atomic E-state index is 0.137. The molecule has 1 amide bonds. The van der Waals surface area contributed by atoms with Crippen molar-refractivity contribution >= 4 is 5.91 Å². The monoisotopic (exact) mass is 1030 g/mol. The Kier molecular flexibility index (Phi) is 51.6. The maximum absolute atomic E-state index is 13.1. The van der Waals surface area contributed by atoms with Gasteiger partial charge in [0.2, 0.25) is 5.91 Å². The van der Waals surface area contributed by atoms with E-state index in [4.69, 9.17) is 9.47 Å². The minimum Gasteiger partial charge on any atom is -0.394 e. The molecule has 7 atom stereocenters. The lowest BCUT2D eigenvalue weighted by Crippen LogP contribution is -2.60. The molecule has 0 aromatic heterocycles. The highest BCUT2D eigenvalue weighted by atomic mass is 16.7. The van der Waals surface area contributed by atoms with Crippen LogP contribution in [0.4, 0.5) is 0 Å². The summed E-state index contributed by atoms with van der Waals surface area (Å²) in [6.45, 7) is 3.85. The second-order valence-electron chi connectivity index (χ2n) is 22.6. The average molecular weight is 1030 g/mol. The van der Waals surface area contributed by atoms with Crippen molar-refractivity contribution in [3.63, 3.8) is 0 Å². The van der Waals surface area contributed by atoms with Crippen LogP contribution in [0.25, 0.3) is 0 Å². The molecule has 1 aliphatic rings. The molecule has 0 saturated carbocycles. The van der Waals surface area contributed by atoms with Crippen molar-refractivity contribution in [2.75, 3.05) is 13.2 Å². The third kappa shape index (κ3) is 43.4. The molecule has 9 nitrogen and oxygen atoms in total. The van der Waals surface area contributed by atoms with Crippen LogP contribution in [0.5, 0.6) is 0 Å². The number of amides is 1.